The number of rotatable bonds is 5. The number of amides is 1. The summed E-state index contributed by atoms with van der Waals surface area (Å²) in [7, 11) is 1.51. The van der Waals surface area contributed by atoms with E-state index in [1.807, 2.05) is 0 Å². The van der Waals surface area contributed by atoms with Crippen LogP contribution in [0.3, 0.4) is 0 Å². The van der Waals surface area contributed by atoms with E-state index in [4.69, 9.17) is 16.3 Å². The summed E-state index contributed by atoms with van der Waals surface area (Å²) in [6.07, 6.45) is 0.830. The highest BCUT2D eigenvalue weighted by Crippen LogP contribution is 2.18. The molecule has 1 unspecified atom stereocenters. The number of halogens is 1. The van der Waals surface area contributed by atoms with Gasteiger partial charge in [-0.25, -0.2) is 4.98 Å². The second kappa shape index (κ2) is 6.27. The van der Waals surface area contributed by atoms with Crippen molar-refractivity contribution in [1.82, 2.24) is 10.3 Å². The summed E-state index contributed by atoms with van der Waals surface area (Å²) in [5.41, 5.74) is -0.321. The van der Waals surface area contributed by atoms with Crippen molar-refractivity contribution in [3.05, 3.63) is 33.1 Å². The molecule has 8 heteroatoms. The van der Waals surface area contributed by atoms with Crippen molar-refractivity contribution in [2.45, 2.75) is 13.0 Å². The Labute approximate surface area is 108 Å². The van der Waals surface area contributed by atoms with Crippen molar-refractivity contribution in [3.8, 4) is 0 Å². The van der Waals surface area contributed by atoms with Gasteiger partial charge in [-0.15, -0.1) is 0 Å². The lowest BCUT2D eigenvalue weighted by Gasteiger charge is -2.10. The van der Waals surface area contributed by atoms with Crippen LogP contribution in [0, 0.1) is 10.1 Å². The van der Waals surface area contributed by atoms with Crippen molar-refractivity contribution >= 4 is 23.2 Å². The maximum absolute atomic E-state index is 11.7. The van der Waals surface area contributed by atoms with Gasteiger partial charge in [0.25, 0.3) is 11.6 Å². The molecule has 0 aliphatic carbocycles. The number of ether oxygens (including phenoxy) is 1. The maximum atomic E-state index is 11.7. The first-order valence-electron chi connectivity index (χ1n) is 5.06. The molecule has 0 aliphatic heterocycles. The van der Waals surface area contributed by atoms with Gasteiger partial charge in [0.15, 0.2) is 0 Å². The highest BCUT2D eigenvalue weighted by atomic mass is 35.5. The molecule has 98 valence electrons. The van der Waals surface area contributed by atoms with Gasteiger partial charge in [0.05, 0.1) is 16.6 Å². The van der Waals surface area contributed by atoms with Crippen LogP contribution in [0.1, 0.15) is 17.3 Å². The lowest BCUT2D eigenvalue weighted by Crippen LogP contribution is -2.31. The summed E-state index contributed by atoms with van der Waals surface area (Å²) in [5.74, 6) is -0.528. The summed E-state index contributed by atoms with van der Waals surface area (Å²) in [6.45, 7) is 2.04. The lowest BCUT2D eigenvalue weighted by atomic mass is 10.2. The van der Waals surface area contributed by atoms with E-state index >= 15 is 0 Å². The zero-order chi connectivity index (χ0) is 13.7. The Kier molecular flexibility index (Phi) is 4.99. The molecule has 0 aromatic carbocycles. The van der Waals surface area contributed by atoms with E-state index in [0.717, 1.165) is 12.3 Å². The van der Waals surface area contributed by atoms with E-state index in [1.54, 1.807) is 6.92 Å². The molecule has 1 N–H and O–H groups in total. The van der Waals surface area contributed by atoms with Gasteiger partial charge in [-0.2, -0.15) is 0 Å². The van der Waals surface area contributed by atoms with E-state index in [9.17, 15) is 14.9 Å². The van der Waals surface area contributed by atoms with Crippen LogP contribution >= 0.6 is 11.6 Å². The number of nitro groups is 1. The molecule has 18 heavy (non-hydrogen) atoms. The zero-order valence-electron chi connectivity index (χ0n) is 9.84. The maximum Gasteiger partial charge on any atom is 0.288 e. The topological polar surface area (TPSA) is 94.4 Å². The first-order valence-corrected chi connectivity index (χ1v) is 5.44. The fraction of sp³-hybridized carbons (Fsp3) is 0.400. The van der Waals surface area contributed by atoms with E-state index in [-0.39, 0.29) is 29.1 Å². The van der Waals surface area contributed by atoms with Crippen molar-refractivity contribution in [1.29, 1.82) is 0 Å². The average molecular weight is 274 g/mol. The first kappa shape index (κ1) is 14.3. The number of aromatic nitrogens is 1. The Morgan fingerprint density at radius 1 is 1.72 bits per heavy atom. The molecular weight excluding hydrogens is 262 g/mol. The number of hydrogen-bond donors (Lipinski definition) is 1. The average Bonchev–Trinajstić information content (AvgIpc) is 2.35. The normalized spacial score (nSPS) is 11.9. The van der Waals surface area contributed by atoms with Crippen molar-refractivity contribution in [3.63, 3.8) is 0 Å². The fourth-order valence-corrected chi connectivity index (χ4v) is 1.30. The lowest BCUT2D eigenvalue weighted by molar-refractivity contribution is -0.385. The number of carbonyl (C=O) groups is 1. The molecule has 1 atom stereocenters. The van der Waals surface area contributed by atoms with Crippen LogP contribution in [0.25, 0.3) is 0 Å². The number of hydrogen-bond acceptors (Lipinski definition) is 5. The number of nitrogens with one attached hydrogen (secondary N) is 1. The molecule has 1 amide bonds. The van der Waals surface area contributed by atoms with Crippen molar-refractivity contribution < 1.29 is 14.5 Å². The van der Waals surface area contributed by atoms with Crippen LogP contribution in [0.4, 0.5) is 5.69 Å². The van der Waals surface area contributed by atoms with Gasteiger partial charge in [0.2, 0.25) is 0 Å². The largest absolute Gasteiger partial charge is 0.380 e. The van der Waals surface area contributed by atoms with E-state index in [0.29, 0.717) is 0 Å². The molecule has 0 spiro atoms. The number of methoxy groups -OCH3 is 1. The van der Waals surface area contributed by atoms with Gasteiger partial charge >= 0.3 is 0 Å². The summed E-state index contributed by atoms with van der Waals surface area (Å²) < 4.78 is 4.96. The molecule has 0 bridgehead atoms. The van der Waals surface area contributed by atoms with Gasteiger partial charge in [-0.3, -0.25) is 14.9 Å². The molecule has 0 saturated heterocycles. The molecule has 1 aromatic heterocycles. The minimum absolute atomic E-state index is 0.0332. The minimum atomic E-state index is -0.641. The van der Waals surface area contributed by atoms with Gasteiger partial charge in [-0.1, -0.05) is 11.6 Å². The van der Waals surface area contributed by atoms with Crippen LogP contribution in [-0.4, -0.2) is 35.6 Å². The predicted molar refractivity (Wildman–Crippen MR) is 64.7 cm³/mol. The summed E-state index contributed by atoms with van der Waals surface area (Å²) >= 11 is 5.72. The Bertz CT molecular complexity index is 466. The third kappa shape index (κ3) is 3.64. The summed E-state index contributed by atoms with van der Waals surface area (Å²) in [5, 5.41) is 13.0. The van der Waals surface area contributed by atoms with Crippen LogP contribution in [0.5, 0.6) is 0 Å². The van der Waals surface area contributed by atoms with E-state index in [2.05, 4.69) is 10.3 Å². The SMILES string of the molecule is COC(C)CNC(=O)c1cc([N+](=O)[O-])cnc1Cl. The highest BCUT2D eigenvalue weighted by molar-refractivity contribution is 6.32. The first-order chi connectivity index (χ1) is 8.45. The van der Waals surface area contributed by atoms with Crippen molar-refractivity contribution in [2.24, 2.45) is 0 Å². The Morgan fingerprint density at radius 3 is 2.94 bits per heavy atom. The second-order valence-corrected chi connectivity index (χ2v) is 3.90. The van der Waals surface area contributed by atoms with Crippen LogP contribution in [-0.2, 0) is 4.74 Å². The highest BCUT2D eigenvalue weighted by Gasteiger charge is 2.17. The molecule has 0 saturated carbocycles. The molecule has 1 rings (SSSR count). The van der Waals surface area contributed by atoms with Gasteiger partial charge in [-0.05, 0) is 6.92 Å². The van der Waals surface area contributed by atoms with Gasteiger partial charge in [0, 0.05) is 19.7 Å². The monoisotopic (exact) mass is 273 g/mol. The number of pyridine rings is 1. The summed E-state index contributed by atoms with van der Waals surface area (Å²) in [6, 6.07) is 1.09. The standard InChI is InChI=1S/C10H12ClN3O4/c1-6(18-2)4-13-10(15)8-3-7(14(16)17)5-12-9(8)11/h3,5-6H,4H2,1-2H3,(H,13,15). The Morgan fingerprint density at radius 2 is 2.39 bits per heavy atom. The van der Waals surface area contributed by atoms with Crippen LogP contribution in [0.15, 0.2) is 12.3 Å². The third-order valence-corrected chi connectivity index (χ3v) is 2.53. The third-order valence-electron chi connectivity index (χ3n) is 2.23. The summed E-state index contributed by atoms with van der Waals surface area (Å²) in [4.78, 5) is 25.3. The molecule has 1 aromatic rings. The van der Waals surface area contributed by atoms with E-state index < -0.39 is 10.8 Å². The Hall–Kier alpha value is -1.73. The zero-order valence-corrected chi connectivity index (χ0v) is 10.6. The molecule has 1 heterocycles. The molecule has 0 aliphatic rings. The number of nitrogens with zero attached hydrogens (tertiary/aromatic N) is 2. The number of carbonyl (C=O) groups excluding carboxylic acids is 1. The minimum Gasteiger partial charge on any atom is -0.380 e. The van der Waals surface area contributed by atoms with Crippen molar-refractivity contribution in [2.75, 3.05) is 13.7 Å². The fourth-order valence-electron chi connectivity index (χ4n) is 1.11. The Balaban J connectivity index is 2.84. The van der Waals surface area contributed by atoms with Crippen LogP contribution in [0.2, 0.25) is 5.15 Å². The van der Waals surface area contributed by atoms with Crippen LogP contribution < -0.4 is 5.32 Å². The molecule has 7 nitrogen and oxygen atoms in total. The predicted octanol–water partition coefficient (Wildman–Crippen LogP) is 1.41. The smallest absolute Gasteiger partial charge is 0.288 e. The molecule has 0 radical (unpaired) electrons. The van der Waals surface area contributed by atoms with Gasteiger partial charge < -0.3 is 10.1 Å². The molecule has 0 fully saturated rings. The molecular formula is C10H12ClN3O4. The second-order valence-electron chi connectivity index (χ2n) is 3.55. The van der Waals surface area contributed by atoms with Gasteiger partial charge in [0.1, 0.15) is 11.3 Å². The quantitative estimate of drug-likeness (QED) is 0.497. The van der Waals surface area contributed by atoms with E-state index in [1.165, 1.54) is 7.11 Å².